The van der Waals surface area contributed by atoms with Crippen molar-refractivity contribution < 1.29 is 24.2 Å². The molecular weight excluding hydrogens is 373 g/mol. The molecule has 3 aromatic carbocycles. The van der Waals surface area contributed by atoms with Gasteiger partial charge in [0.15, 0.2) is 11.4 Å². The number of aromatic hydroxyl groups is 1. The van der Waals surface area contributed by atoms with Crippen molar-refractivity contribution in [1.29, 1.82) is 0 Å². The highest BCUT2D eigenvalue weighted by Crippen LogP contribution is 2.44. The lowest BCUT2D eigenvalue weighted by molar-refractivity contribution is -0.136. The Balaban J connectivity index is 1.71. The number of hydrogen-bond acceptors (Lipinski definition) is 4. The molecule has 0 aliphatic carbocycles. The van der Waals surface area contributed by atoms with Gasteiger partial charge in [-0.2, -0.15) is 0 Å². The summed E-state index contributed by atoms with van der Waals surface area (Å²) in [5.74, 6) is -1.95. The number of phenols is 1. The maximum Gasteiger partial charge on any atom is 0.264 e. The first-order valence-electron chi connectivity index (χ1n) is 9.10. The summed E-state index contributed by atoms with van der Waals surface area (Å²) in [6.07, 6.45) is -0.534. The zero-order valence-electron chi connectivity index (χ0n) is 15.4. The van der Waals surface area contributed by atoms with Gasteiger partial charge >= 0.3 is 0 Å². The van der Waals surface area contributed by atoms with Gasteiger partial charge in [0.05, 0.1) is 24.2 Å². The number of anilines is 1. The zero-order chi connectivity index (χ0) is 20.6. The third kappa shape index (κ3) is 3.17. The summed E-state index contributed by atoms with van der Waals surface area (Å²) in [4.78, 5) is 27.2. The number of nitrogens with zero attached hydrogens (tertiary/aromatic N) is 1. The predicted molar refractivity (Wildman–Crippen MR) is 105 cm³/mol. The van der Waals surface area contributed by atoms with E-state index < -0.39 is 29.5 Å². The number of carbonyl (C=O) groups excluding carboxylic acids is 2. The van der Waals surface area contributed by atoms with Gasteiger partial charge in [0.1, 0.15) is 11.6 Å². The number of aliphatic hydroxyl groups is 1. The van der Waals surface area contributed by atoms with Crippen molar-refractivity contribution >= 4 is 17.4 Å². The van der Waals surface area contributed by atoms with E-state index in [0.29, 0.717) is 11.3 Å². The number of rotatable bonds is 5. The molecule has 1 unspecified atom stereocenters. The molecule has 2 N–H and O–H groups in total. The average molecular weight is 391 g/mol. The van der Waals surface area contributed by atoms with Crippen LogP contribution in [0.15, 0.2) is 72.8 Å². The Morgan fingerprint density at radius 1 is 0.966 bits per heavy atom. The first-order valence-corrected chi connectivity index (χ1v) is 9.10. The molecule has 5 nitrogen and oxygen atoms in total. The van der Waals surface area contributed by atoms with E-state index in [0.717, 1.165) is 0 Å². The molecule has 1 aliphatic rings. The topological polar surface area (TPSA) is 77.8 Å². The maximum atomic E-state index is 14.1. The van der Waals surface area contributed by atoms with Gasteiger partial charge in [-0.15, -0.1) is 0 Å². The SMILES string of the molecule is O=C(CC1(O)C(=O)N(Cc2ccccc2F)c2ccccc21)c1ccccc1O. The smallest absolute Gasteiger partial charge is 0.264 e. The third-order valence-corrected chi connectivity index (χ3v) is 5.15. The van der Waals surface area contributed by atoms with Crippen molar-refractivity contribution in [2.24, 2.45) is 0 Å². The van der Waals surface area contributed by atoms with Crippen molar-refractivity contribution in [1.82, 2.24) is 0 Å². The second kappa shape index (κ2) is 7.14. The van der Waals surface area contributed by atoms with Crippen LogP contribution in [-0.4, -0.2) is 21.9 Å². The number of fused-ring (bicyclic) bond motifs is 1. The van der Waals surface area contributed by atoms with Crippen LogP contribution in [0, 0.1) is 5.82 Å². The van der Waals surface area contributed by atoms with Crippen LogP contribution < -0.4 is 4.90 Å². The van der Waals surface area contributed by atoms with Crippen molar-refractivity contribution in [3.63, 3.8) is 0 Å². The molecule has 0 aromatic heterocycles. The van der Waals surface area contributed by atoms with Crippen LogP contribution in [0.1, 0.15) is 27.9 Å². The molecule has 29 heavy (non-hydrogen) atoms. The van der Waals surface area contributed by atoms with Crippen molar-refractivity contribution in [2.45, 2.75) is 18.6 Å². The minimum Gasteiger partial charge on any atom is -0.507 e. The van der Waals surface area contributed by atoms with Crippen molar-refractivity contribution in [3.05, 3.63) is 95.3 Å². The highest BCUT2D eigenvalue weighted by molar-refractivity contribution is 6.11. The lowest BCUT2D eigenvalue weighted by Gasteiger charge is -2.23. The molecule has 4 rings (SSSR count). The lowest BCUT2D eigenvalue weighted by atomic mass is 9.88. The van der Waals surface area contributed by atoms with Gasteiger partial charge in [0, 0.05) is 11.1 Å². The molecule has 0 saturated heterocycles. The molecule has 0 bridgehead atoms. The minimum absolute atomic E-state index is 0.0266. The van der Waals surface area contributed by atoms with Gasteiger partial charge in [-0.25, -0.2) is 4.39 Å². The summed E-state index contributed by atoms with van der Waals surface area (Å²) in [5.41, 5.74) is -1.06. The molecule has 6 heteroatoms. The standard InChI is InChI=1S/C23H18FNO4/c24-18-10-4-1-7-15(18)14-25-19-11-5-3-9-17(19)23(29,22(25)28)13-21(27)16-8-2-6-12-20(16)26/h1-12,26,29H,13-14H2. The quantitative estimate of drug-likeness (QED) is 0.652. The number of amides is 1. The van der Waals surface area contributed by atoms with Gasteiger partial charge in [-0.05, 0) is 24.3 Å². The third-order valence-electron chi connectivity index (χ3n) is 5.15. The van der Waals surface area contributed by atoms with E-state index in [1.807, 2.05) is 0 Å². The number of carbonyl (C=O) groups is 2. The van der Waals surface area contributed by atoms with E-state index >= 15 is 0 Å². The number of Topliss-reactive ketones (excluding diaryl/α,β-unsaturated/α-hetero) is 1. The normalized spacial score (nSPS) is 18.0. The first-order chi connectivity index (χ1) is 13.9. The Morgan fingerprint density at radius 2 is 1.62 bits per heavy atom. The fourth-order valence-electron chi connectivity index (χ4n) is 3.67. The fourth-order valence-corrected chi connectivity index (χ4v) is 3.67. The van der Waals surface area contributed by atoms with Crippen LogP contribution in [0.2, 0.25) is 0 Å². The summed E-state index contributed by atoms with van der Waals surface area (Å²) in [5, 5.41) is 21.2. The molecule has 1 aliphatic heterocycles. The summed E-state index contributed by atoms with van der Waals surface area (Å²) in [6.45, 7) is -0.0738. The van der Waals surface area contributed by atoms with E-state index in [9.17, 15) is 24.2 Å². The highest BCUT2D eigenvalue weighted by Gasteiger charge is 2.51. The Bertz CT molecular complexity index is 1110. The molecule has 1 atom stereocenters. The Hall–Kier alpha value is -3.51. The second-order valence-electron chi connectivity index (χ2n) is 6.98. The fraction of sp³-hybridized carbons (Fsp3) is 0.130. The van der Waals surface area contributed by atoms with E-state index in [4.69, 9.17) is 0 Å². The number of phenolic OH excluding ortho intramolecular Hbond substituents is 1. The minimum atomic E-state index is -2.10. The van der Waals surface area contributed by atoms with Crippen LogP contribution >= 0.6 is 0 Å². The second-order valence-corrected chi connectivity index (χ2v) is 6.98. The van der Waals surface area contributed by atoms with Gasteiger partial charge in [-0.3, -0.25) is 9.59 Å². The predicted octanol–water partition coefficient (Wildman–Crippen LogP) is 3.54. The monoisotopic (exact) mass is 391 g/mol. The van der Waals surface area contributed by atoms with Crippen LogP contribution in [0.5, 0.6) is 5.75 Å². The van der Waals surface area contributed by atoms with E-state index in [-0.39, 0.29) is 23.4 Å². The Labute approximate surface area is 166 Å². The molecule has 0 spiro atoms. The van der Waals surface area contributed by atoms with Crippen LogP contribution in [0.4, 0.5) is 10.1 Å². The highest BCUT2D eigenvalue weighted by atomic mass is 19.1. The largest absolute Gasteiger partial charge is 0.507 e. The molecule has 0 saturated carbocycles. The molecular formula is C23H18FNO4. The van der Waals surface area contributed by atoms with E-state index in [1.54, 1.807) is 54.6 Å². The van der Waals surface area contributed by atoms with Gasteiger partial charge in [0.2, 0.25) is 0 Å². The molecule has 3 aromatic rings. The van der Waals surface area contributed by atoms with Gasteiger partial charge in [0.25, 0.3) is 5.91 Å². The van der Waals surface area contributed by atoms with Crippen molar-refractivity contribution in [2.75, 3.05) is 4.90 Å². The molecule has 1 heterocycles. The van der Waals surface area contributed by atoms with Crippen LogP contribution in [-0.2, 0) is 16.9 Å². The average Bonchev–Trinajstić information content (AvgIpc) is 2.92. The number of halogens is 1. The molecule has 0 radical (unpaired) electrons. The molecule has 1 amide bonds. The summed E-state index contributed by atoms with van der Waals surface area (Å²) < 4.78 is 14.1. The molecule has 0 fully saturated rings. The molecule has 146 valence electrons. The van der Waals surface area contributed by atoms with E-state index in [2.05, 4.69) is 0 Å². The summed E-state index contributed by atoms with van der Waals surface area (Å²) in [6, 6.07) is 18.6. The Morgan fingerprint density at radius 3 is 2.38 bits per heavy atom. The zero-order valence-corrected chi connectivity index (χ0v) is 15.4. The number of ketones is 1. The lowest BCUT2D eigenvalue weighted by Crippen LogP contribution is -2.41. The van der Waals surface area contributed by atoms with Gasteiger partial charge < -0.3 is 15.1 Å². The summed E-state index contributed by atoms with van der Waals surface area (Å²) >= 11 is 0. The van der Waals surface area contributed by atoms with Gasteiger partial charge in [-0.1, -0.05) is 48.5 Å². The Kier molecular flexibility index (Phi) is 4.64. The van der Waals surface area contributed by atoms with Crippen LogP contribution in [0.25, 0.3) is 0 Å². The van der Waals surface area contributed by atoms with Crippen molar-refractivity contribution in [3.8, 4) is 5.75 Å². The van der Waals surface area contributed by atoms with Crippen LogP contribution in [0.3, 0.4) is 0 Å². The summed E-state index contributed by atoms with van der Waals surface area (Å²) in [7, 11) is 0. The number of hydrogen-bond donors (Lipinski definition) is 2. The number of benzene rings is 3. The number of para-hydroxylation sites is 2. The maximum absolute atomic E-state index is 14.1. The first kappa shape index (κ1) is 18.8. The van der Waals surface area contributed by atoms with E-state index in [1.165, 1.54) is 23.1 Å².